The van der Waals surface area contributed by atoms with Crippen LogP contribution in [0, 0.1) is 28.6 Å². The van der Waals surface area contributed by atoms with Gasteiger partial charge in [-0.3, -0.25) is 4.79 Å². The summed E-state index contributed by atoms with van der Waals surface area (Å²) in [5.74, 6) is -8.01. The van der Waals surface area contributed by atoms with Crippen molar-refractivity contribution in [1.29, 1.82) is 0 Å². The molecule has 1 unspecified atom stereocenters. The fraction of sp³-hybridized carbons (Fsp3) is 0.773. The SMILES string of the molecule is C[C@]12C=CC(=O)C(C(F)(F)F)=C1CC[C@@H]1[C@@H]2CC[C@@]2(C)[C@H]1CCC2(O)C(F)(F)C(F)(F)F. The lowest BCUT2D eigenvalue weighted by atomic mass is 9.46. The molecule has 0 aliphatic heterocycles. The Morgan fingerprint density at radius 1 is 0.938 bits per heavy atom. The number of rotatable bonds is 1. The van der Waals surface area contributed by atoms with Crippen molar-refractivity contribution in [3.63, 3.8) is 0 Å². The molecule has 0 bridgehead atoms. The lowest BCUT2D eigenvalue weighted by Gasteiger charge is -2.59. The number of carbonyl (C=O) groups excluding carboxylic acids is 1. The molecule has 4 aliphatic carbocycles. The van der Waals surface area contributed by atoms with E-state index in [2.05, 4.69) is 0 Å². The van der Waals surface area contributed by atoms with Gasteiger partial charge >= 0.3 is 18.3 Å². The van der Waals surface area contributed by atoms with Gasteiger partial charge < -0.3 is 5.11 Å². The van der Waals surface area contributed by atoms with Gasteiger partial charge in [-0.1, -0.05) is 19.9 Å². The molecule has 2 nitrogen and oxygen atoms in total. The van der Waals surface area contributed by atoms with E-state index in [-0.39, 0.29) is 37.7 Å². The van der Waals surface area contributed by atoms with Crippen molar-refractivity contribution in [2.45, 2.75) is 76.2 Å². The van der Waals surface area contributed by atoms with Crippen molar-refractivity contribution < 1.29 is 45.0 Å². The normalized spacial score (nSPS) is 42.6. The predicted molar refractivity (Wildman–Crippen MR) is 97.6 cm³/mol. The second-order valence-corrected chi connectivity index (χ2v) is 10.2. The lowest BCUT2D eigenvalue weighted by molar-refractivity contribution is -0.363. The molecule has 6 atom stereocenters. The van der Waals surface area contributed by atoms with Crippen LogP contribution >= 0.6 is 0 Å². The van der Waals surface area contributed by atoms with E-state index in [4.69, 9.17) is 0 Å². The van der Waals surface area contributed by atoms with Crippen LogP contribution in [-0.4, -0.2) is 34.8 Å². The number of halogens is 8. The quantitative estimate of drug-likeness (QED) is 0.465. The minimum absolute atomic E-state index is 0.0313. The van der Waals surface area contributed by atoms with Gasteiger partial charge in [-0.05, 0) is 67.9 Å². The van der Waals surface area contributed by atoms with E-state index in [1.54, 1.807) is 6.92 Å². The van der Waals surface area contributed by atoms with E-state index in [1.807, 2.05) is 0 Å². The first kappa shape index (κ1) is 23.7. The van der Waals surface area contributed by atoms with E-state index in [1.165, 1.54) is 13.0 Å². The molecule has 0 saturated heterocycles. The third-order valence-electron chi connectivity index (χ3n) is 9.02. The van der Waals surface area contributed by atoms with Crippen LogP contribution < -0.4 is 0 Å². The van der Waals surface area contributed by atoms with Gasteiger partial charge in [0.25, 0.3) is 0 Å². The van der Waals surface area contributed by atoms with Crippen molar-refractivity contribution >= 4 is 5.78 Å². The fourth-order valence-electron chi connectivity index (χ4n) is 7.42. The smallest absolute Gasteiger partial charge is 0.383 e. The topological polar surface area (TPSA) is 37.3 Å². The molecule has 0 aromatic rings. The summed E-state index contributed by atoms with van der Waals surface area (Å²) in [6, 6.07) is 0. The summed E-state index contributed by atoms with van der Waals surface area (Å²) in [7, 11) is 0. The number of hydrogen-bond acceptors (Lipinski definition) is 2. The van der Waals surface area contributed by atoms with Crippen LogP contribution in [0.25, 0.3) is 0 Å². The molecule has 4 aliphatic rings. The first-order chi connectivity index (χ1) is 14.4. The minimum Gasteiger partial charge on any atom is -0.383 e. The summed E-state index contributed by atoms with van der Waals surface area (Å²) in [5, 5.41) is 10.8. The summed E-state index contributed by atoms with van der Waals surface area (Å²) < 4.78 is 109. The van der Waals surface area contributed by atoms with E-state index in [0.29, 0.717) is 0 Å². The van der Waals surface area contributed by atoms with Gasteiger partial charge in [-0.15, -0.1) is 0 Å². The minimum atomic E-state index is -5.92. The number of allylic oxidation sites excluding steroid dienone is 4. The molecule has 0 radical (unpaired) electrons. The van der Waals surface area contributed by atoms with Gasteiger partial charge in [0, 0.05) is 10.8 Å². The first-order valence-corrected chi connectivity index (χ1v) is 10.6. The highest BCUT2D eigenvalue weighted by Crippen LogP contribution is 2.70. The second kappa shape index (κ2) is 6.57. The molecule has 3 saturated carbocycles. The van der Waals surface area contributed by atoms with Gasteiger partial charge in [-0.25, -0.2) is 0 Å². The molecule has 4 rings (SSSR count). The Morgan fingerprint density at radius 2 is 1.53 bits per heavy atom. The molecule has 0 aromatic heterocycles. The third-order valence-corrected chi connectivity index (χ3v) is 9.02. The van der Waals surface area contributed by atoms with Crippen LogP contribution in [0.1, 0.15) is 52.4 Å². The van der Waals surface area contributed by atoms with Crippen molar-refractivity contribution in [2.24, 2.45) is 28.6 Å². The number of carbonyl (C=O) groups is 1. The highest BCUT2D eigenvalue weighted by molar-refractivity contribution is 6.07. The lowest BCUT2D eigenvalue weighted by Crippen LogP contribution is -2.65. The van der Waals surface area contributed by atoms with Gasteiger partial charge in [0.1, 0.15) is 11.2 Å². The first-order valence-electron chi connectivity index (χ1n) is 10.6. The number of ketones is 1. The molecule has 0 spiro atoms. The van der Waals surface area contributed by atoms with Crippen molar-refractivity contribution in [1.82, 2.24) is 0 Å². The molecule has 0 amide bonds. The summed E-state index contributed by atoms with van der Waals surface area (Å²) in [6.07, 6.45) is -9.26. The Balaban J connectivity index is 1.75. The maximum Gasteiger partial charge on any atom is 0.456 e. The monoisotopic (exact) mass is 472 g/mol. The third kappa shape index (κ3) is 2.76. The van der Waals surface area contributed by atoms with Crippen LogP contribution in [0.3, 0.4) is 0 Å². The summed E-state index contributed by atoms with van der Waals surface area (Å²) in [6.45, 7) is 2.84. The van der Waals surface area contributed by atoms with Crippen LogP contribution in [-0.2, 0) is 4.79 Å². The van der Waals surface area contributed by atoms with Crippen LogP contribution in [0.2, 0.25) is 0 Å². The largest absolute Gasteiger partial charge is 0.456 e. The zero-order valence-electron chi connectivity index (χ0n) is 17.5. The Kier molecular flexibility index (Phi) is 4.87. The molecule has 1 N–H and O–H groups in total. The zero-order chi connectivity index (χ0) is 24.1. The van der Waals surface area contributed by atoms with Crippen LogP contribution in [0.15, 0.2) is 23.3 Å². The molecule has 3 fully saturated rings. The number of hydrogen-bond donors (Lipinski definition) is 1. The highest BCUT2D eigenvalue weighted by atomic mass is 19.4. The van der Waals surface area contributed by atoms with E-state index in [0.717, 1.165) is 6.08 Å². The number of alkyl halides is 8. The molecule has 0 heterocycles. The van der Waals surface area contributed by atoms with E-state index in [9.17, 15) is 45.0 Å². The fourth-order valence-corrected chi connectivity index (χ4v) is 7.42. The molecule has 0 aromatic carbocycles. The molecule has 180 valence electrons. The van der Waals surface area contributed by atoms with E-state index >= 15 is 0 Å². The molecule has 32 heavy (non-hydrogen) atoms. The molecular weight excluding hydrogens is 448 g/mol. The Bertz CT molecular complexity index is 901. The Hall–Kier alpha value is -1.45. The van der Waals surface area contributed by atoms with Gasteiger partial charge in [0.2, 0.25) is 0 Å². The summed E-state index contributed by atoms with van der Waals surface area (Å²) in [4.78, 5) is 12.0. The molecular formula is C22H24F8O2. The van der Waals surface area contributed by atoms with Crippen molar-refractivity contribution in [2.75, 3.05) is 0 Å². The van der Waals surface area contributed by atoms with Gasteiger partial charge in [0.05, 0.1) is 0 Å². The number of aliphatic hydroxyl groups is 1. The Labute approximate surface area is 179 Å². The predicted octanol–water partition coefficient (Wildman–Crippen LogP) is 6.16. The number of fused-ring (bicyclic) bond motifs is 5. The van der Waals surface area contributed by atoms with E-state index < -0.39 is 70.2 Å². The molecule has 10 heteroatoms. The van der Waals surface area contributed by atoms with Crippen LogP contribution in [0.4, 0.5) is 35.1 Å². The average molecular weight is 472 g/mol. The standard InChI is InChI=1S/C22H24F8O2/c1-17-8-7-15(31)16(20(23,24)25)14(17)4-3-11-12(17)5-9-18(2)13(11)6-10-19(18,32)21(26,27)22(28,29)30/h7-8,11-13,32H,3-6,9-10H2,1-2H3/t11-,12+,13+,17-,18+,19?/m1/s1. The van der Waals surface area contributed by atoms with Crippen molar-refractivity contribution in [3.8, 4) is 0 Å². The maximum atomic E-state index is 14.5. The zero-order valence-corrected chi connectivity index (χ0v) is 17.5. The summed E-state index contributed by atoms with van der Waals surface area (Å²) >= 11 is 0. The van der Waals surface area contributed by atoms with Gasteiger partial charge in [-0.2, -0.15) is 35.1 Å². The van der Waals surface area contributed by atoms with Crippen molar-refractivity contribution in [3.05, 3.63) is 23.3 Å². The average Bonchev–Trinajstić information content (AvgIpc) is 2.93. The second-order valence-electron chi connectivity index (χ2n) is 10.2. The Morgan fingerprint density at radius 3 is 2.09 bits per heavy atom. The van der Waals surface area contributed by atoms with Crippen LogP contribution in [0.5, 0.6) is 0 Å². The summed E-state index contributed by atoms with van der Waals surface area (Å²) in [5.41, 5.74) is -7.38. The maximum absolute atomic E-state index is 14.5. The highest BCUT2D eigenvalue weighted by Gasteiger charge is 2.79. The van der Waals surface area contributed by atoms with Gasteiger partial charge in [0.15, 0.2) is 5.78 Å².